The molecule has 0 spiro atoms. The second-order valence-electron chi connectivity index (χ2n) is 7.51. The summed E-state index contributed by atoms with van der Waals surface area (Å²) >= 11 is 0. The predicted molar refractivity (Wildman–Crippen MR) is 132 cm³/mol. The van der Waals surface area contributed by atoms with E-state index in [1.165, 1.54) is 0 Å². The zero-order valence-corrected chi connectivity index (χ0v) is 22.6. The Balaban J connectivity index is 3.52. The second kappa shape index (κ2) is 25.0. The molecular weight excluding hydrogens is 446 g/mol. The number of rotatable bonds is 27. The van der Waals surface area contributed by atoms with E-state index >= 15 is 0 Å². The Bertz CT molecular complexity index is 378. The topological polar surface area (TPSA) is 99.9 Å². The molecular formula is C23H51NO8Si. The van der Waals surface area contributed by atoms with Gasteiger partial charge in [-0.25, -0.2) is 0 Å². The van der Waals surface area contributed by atoms with Gasteiger partial charge < -0.3 is 42.7 Å². The Morgan fingerprint density at radius 2 is 1.00 bits per heavy atom. The third-order valence-corrected chi connectivity index (χ3v) is 7.76. The van der Waals surface area contributed by atoms with E-state index in [0.717, 1.165) is 38.3 Å². The Morgan fingerprint density at radius 3 is 1.42 bits per heavy atom. The summed E-state index contributed by atoms with van der Waals surface area (Å²) in [5.41, 5.74) is 6.17. The van der Waals surface area contributed by atoms with Crippen LogP contribution in [0.15, 0.2) is 0 Å². The number of ether oxygens (including phenoxy) is 5. The molecule has 0 aromatic rings. The maximum atomic E-state index is 6.17. The van der Waals surface area contributed by atoms with Gasteiger partial charge in [-0.05, 0) is 40.0 Å². The van der Waals surface area contributed by atoms with Crippen LogP contribution in [-0.4, -0.2) is 101 Å². The quantitative estimate of drug-likeness (QED) is 0.136. The van der Waals surface area contributed by atoms with Crippen LogP contribution in [0, 0.1) is 0 Å². The largest absolute Gasteiger partial charge is 0.500 e. The van der Waals surface area contributed by atoms with Gasteiger partial charge in [0.15, 0.2) is 0 Å². The lowest BCUT2D eigenvalue weighted by Gasteiger charge is -2.28. The highest BCUT2D eigenvalue weighted by Crippen LogP contribution is 2.19. The number of hydrogen-bond donors (Lipinski definition) is 1. The summed E-state index contributed by atoms with van der Waals surface area (Å²) < 4.78 is 45.1. The van der Waals surface area contributed by atoms with Gasteiger partial charge in [-0.1, -0.05) is 13.3 Å². The second-order valence-corrected chi connectivity index (χ2v) is 10.2. The molecule has 0 aliphatic carbocycles. The molecule has 0 saturated carbocycles. The fraction of sp³-hybridized carbons (Fsp3) is 1.00. The van der Waals surface area contributed by atoms with Gasteiger partial charge in [0.2, 0.25) is 0 Å². The summed E-state index contributed by atoms with van der Waals surface area (Å²) in [7, 11) is -2.58. The van der Waals surface area contributed by atoms with E-state index in [0.29, 0.717) is 79.3 Å². The molecule has 0 aromatic carbocycles. The van der Waals surface area contributed by atoms with E-state index in [1.807, 2.05) is 20.8 Å². The minimum atomic E-state index is -2.58. The number of unbranched alkanes of at least 4 members (excludes halogenated alkanes) is 1. The first-order chi connectivity index (χ1) is 16.1. The lowest BCUT2D eigenvalue weighted by atomic mass is 10.2. The summed E-state index contributed by atoms with van der Waals surface area (Å²) in [5.74, 6) is 0. The molecule has 0 aliphatic rings. The van der Waals surface area contributed by atoms with Crippen molar-refractivity contribution in [3.05, 3.63) is 0 Å². The molecule has 2 N–H and O–H groups in total. The molecule has 0 fully saturated rings. The van der Waals surface area contributed by atoms with E-state index in [1.54, 1.807) is 0 Å². The van der Waals surface area contributed by atoms with Gasteiger partial charge in [-0.15, -0.1) is 0 Å². The first-order valence-electron chi connectivity index (χ1n) is 12.7. The van der Waals surface area contributed by atoms with Crippen molar-refractivity contribution >= 4 is 8.80 Å². The average Bonchev–Trinajstić information content (AvgIpc) is 2.79. The third-order valence-electron chi connectivity index (χ3n) is 4.61. The van der Waals surface area contributed by atoms with Crippen LogP contribution in [0.1, 0.15) is 53.4 Å². The average molecular weight is 498 g/mol. The molecule has 0 bridgehead atoms. The lowest BCUT2D eigenvalue weighted by Crippen LogP contribution is -2.46. The van der Waals surface area contributed by atoms with Crippen LogP contribution in [0.25, 0.3) is 0 Å². The molecule has 0 aliphatic heterocycles. The first kappa shape index (κ1) is 32.9. The van der Waals surface area contributed by atoms with Crippen molar-refractivity contribution in [1.82, 2.24) is 0 Å². The van der Waals surface area contributed by atoms with Crippen LogP contribution in [0.4, 0.5) is 0 Å². The highest BCUT2D eigenvalue weighted by atomic mass is 28.4. The molecule has 9 nitrogen and oxygen atoms in total. The fourth-order valence-electron chi connectivity index (χ4n) is 3.03. The van der Waals surface area contributed by atoms with Crippen molar-refractivity contribution in [2.75, 3.05) is 85.9 Å². The summed E-state index contributed by atoms with van der Waals surface area (Å²) in [4.78, 5) is 0. The molecule has 200 valence electrons. The molecule has 0 aromatic heterocycles. The van der Waals surface area contributed by atoms with Crippen molar-refractivity contribution in [3.8, 4) is 0 Å². The number of hydrogen-bond acceptors (Lipinski definition) is 9. The normalized spacial score (nSPS) is 13.0. The van der Waals surface area contributed by atoms with Crippen LogP contribution in [0.5, 0.6) is 0 Å². The standard InChI is InChI=1S/C23H51NO8Si/c1-5-9-12-25-13-14-26-15-16-27-17-18-28-19-20-29-22-23(24)11-10-21-33(30-6-2,31-7-3)32-8-4/h23H,5-22,24H2,1-4H3. The van der Waals surface area contributed by atoms with Crippen LogP contribution >= 0.6 is 0 Å². The summed E-state index contributed by atoms with van der Waals surface area (Å²) in [6, 6.07) is 0.749. The number of nitrogens with two attached hydrogens (primary N) is 1. The molecule has 0 rings (SSSR count). The van der Waals surface area contributed by atoms with Crippen molar-refractivity contribution in [1.29, 1.82) is 0 Å². The van der Waals surface area contributed by atoms with Gasteiger partial charge in [0, 0.05) is 38.5 Å². The predicted octanol–water partition coefficient (Wildman–Crippen LogP) is 3.03. The highest BCUT2D eigenvalue weighted by Gasteiger charge is 2.39. The Morgan fingerprint density at radius 1 is 0.576 bits per heavy atom. The van der Waals surface area contributed by atoms with Crippen LogP contribution in [0.3, 0.4) is 0 Å². The Hall–Kier alpha value is -0.143. The summed E-state index contributed by atoms with van der Waals surface area (Å²) in [5, 5.41) is 0. The van der Waals surface area contributed by atoms with E-state index in [-0.39, 0.29) is 6.04 Å². The fourth-order valence-corrected chi connectivity index (χ4v) is 5.67. The van der Waals surface area contributed by atoms with E-state index in [4.69, 9.17) is 42.7 Å². The zero-order chi connectivity index (χ0) is 24.5. The van der Waals surface area contributed by atoms with Crippen LogP contribution < -0.4 is 5.73 Å². The summed E-state index contributed by atoms with van der Waals surface area (Å²) in [6.45, 7) is 15.6. The highest BCUT2D eigenvalue weighted by molar-refractivity contribution is 6.60. The van der Waals surface area contributed by atoms with Crippen molar-refractivity contribution in [3.63, 3.8) is 0 Å². The van der Waals surface area contributed by atoms with Gasteiger partial charge in [-0.3, -0.25) is 0 Å². The van der Waals surface area contributed by atoms with E-state index in [9.17, 15) is 0 Å². The minimum Gasteiger partial charge on any atom is -0.379 e. The maximum Gasteiger partial charge on any atom is 0.500 e. The zero-order valence-electron chi connectivity index (χ0n) is 21.6. The molecule has 10 heteroatoms. The third kappa shape index (κ3) is 20.9. The SMILES string of the molecule is CCCCOCCOCCOCCOCCOCC(N)CCC[Si](OCC)(OCC)OCC. The molecule has 33 heavy (non-hydrogen) atoms. The molecule has 0 saturated heterocycles. The van der Waals surface area contributed by atoms with Crippen molar-refractivity contribution in [2.45, 2.75) is 65.5 Å². The molecule has 0 amide bonds. The van der Waals surface area contributed by atoms with E-state index in [2.05, 4.69) is 6.92 Å². The molecule has 0 heterocycles. The minimum absolute atomic E-state index is 0.0260. The van der Waals surface area contributed by atoms with Gasteiger partial charge in [-0.2, -0.15) is 0 Å². The first-order valence-corrected chi connectivity index (χ1v) is 14.6. The molecule has 1 unspecified atom stereocenters. The van der Waals surface area contributed by atoms with Crippen molar-refractivity contribution in [2.24, 2.45) is 5.73 Å². The Kier molecular flexibility index (Phi) is 24.9. The summed E-state index contributed by atoms with van der Waals surface area (Å²) in [6.07, 6.45) is 3.98. The Labute approximate surface area is 203 Å². The van der Waals surface area contributed by atoms with Gasteiger partial charge >= 0.3 is 8.80 Å². The van der Waals surface area contributed by atoms with Crippen molar-refractivity contribution < 1.29 is 37.0 Å². The van der Waals surface area contributed by atoms with Gasteiger partial charge in [0.1, 0.15) is 0 Å². The smallest absolute Gasteiger partial charge is 0.379 e. The molecule has 0 radical (unpaired) electrons. The van der Waals surface area contributed by atoms with Crippen LogP contribution in [0.2, 0.25) is 6.04 Å². The van der Waals surface area contributed by atoms with Gasteiger partial charge in [0.05, 0.1) is 59.5 Å². The molecule has 1 atom stereocenters. The van der Waals surface area contributed by atoms with E-state index < -0.39 is 8.80 Å². The van der Waals surface area contributed by atoms with Gasteiger partial charge in [0.25, 0.3) is 0 Å². The maximum absolute atomic E-state index is 6.17. The lowest BCUT2D eigenvalue weighted by molar-refractivity contribution is -0.0121. The monoisotopic (exact) mass is 497 g/mol. The van der Waals surface area contributed by atoms with Crippen LogP contribution in [-0.2, 0) is 37.0 Å².